The van der Waals surface area contributed by atoms with Gasteiger partial charge < -0.3 is 4.74 Å². The van der Waals surface area contributed by atoms with E-state index in [1.807, 2.05) is 12.1 Å². The van der Waals surface area contributed by atoms with Crippen molar-refractivity contribution in [2.24, 2.45) is 0 Å². The van der Waals surface area contributed by atoms with Gasteiger partial charge in [-0.1, -0.05) is 79.4 Å². The third kappa shape index (κ3) is 6.34. The monoisotopic (exact) mass is 427 g/mol. The molecule has 32 heavy (non-hydrogen) atoms. The number of rotatable bonds is 11. The van der Waals surface area contributed by atoms with E-state index in [0.29, 0.717) is 18.7 Å². The fraction of sp³-hybridized carbons (Fsp3) is 0.333. The molecular formula is C30H37NO. The van der Waals surface area contributed by atoms with Crippen molar-refractivity contribution in [1.29, 1.82) is 0 Å². The molecule has 0 fully saturated rings. The van der Waals surface area contributed by atoms with Gasteiger partial charge in [0.2, 0.25) is 0 Å². The number of hydrogen-bond acceptors (Lipinski definition) is 2. The van der Waals surface area contributed by atoms with Gasteiger partial charge in [0.1, 0.15) is 12.4 Å². The molecule has 2 nitrogen and oxygen atoms in total. The molecule has 0 spiro atoms. The van der Waals surface area contributed by atoms with Crippen molar-refractivity contribution in [2.75, 3.05) is 6.54 Å². The van der Waals surface area contributed by atoms with E-state index in [1.54, 1.807) is 0 Å². The van der Waals surface area contributed by atoms with Gasteiger partial charge in [-0.15, -0.1) is 0 Å². The van der Waals surface area contributed by atoms with E-state index in [9.17, 15) is 0 Å². The van der Waals surface area contributed by atoms with E-state index in [4.69, 9.17) is 4.74 Å². The molecule has 3 aromatic rings. The maximum absolute atomic E-state index is 6.38. The predicted octanol–water partition coefficient (Wildman–Crippen LogP) is 7.55. The van der Waals surface area contributed by atoms with Crippen LogP contribution in [-0.2, 0) is 6.61 Å². The Morgan fingerprint density at radius 3 is 2.06 bits per heavy atom. The number of hydrogen-bond donors (Lipinski definition) is 0. The van der Waals surface area contributed by atoms with Crippen molar-refractivity contribution in [1.82, 2.24) is 4.90 Å². The number of ether oxygens (including phenoxy) is 1. The molecule has 0 saturated heterocycles. The minimum absolute atomic E-state index is 0.252. The first kappa shape index (κ1) is 23.8. The van der Waals surface area contributed by atoms with Crippen LogP contribution in [0.5, 0.6) is 5.75 Å². The second kappa shape index (κ2) is 11.7. The highest BCUT2D eigenvalue weighted by atomic mass is 16.5. The second-order valence-corrected chi connectivity index (χ2v) is 8.95. The first-order chi connectivity index (χ1) is 15.5. The Hall–Kier alpha value is -2.84. The Balaban J connectivity index is 1.95. The molecule has 0 amide bonds. The SMILES string of the molecule is C=Cc1ccc(OCc2ccccc2)c([C@H](CCN(C(C)C)C(C)C)c2ccccc2)c1. The maximum Gasteiger partial charge on any atom is 0.123 e. The predicted molar refractivity (Wildman–Crippen MR) is 137 cm³/mol. The molecule has 3 aromatic carbocycles. The fourth-order valence-electron chi connectivity index (χ4n) is 4.41. The molecule has 0 heterocycles. The molecule has 0 radical (unpaired) electrons. The lowest BCUT2D eigenvalue weighted by molar-refractivity contribution is 0.170. The summed E-state index contributed by atoms with van der Waals surface area (Å²) in [7, 11) is 0. The molecule has 0 aliphatic rings. The van der Waals surface area contributed by atoms with Crippen molar-refractivity contribution in [2.45, 2.75) is 58.7 Å². The van der Waals surface area contributed by atoms with Crippen LogP contribution in [0.3, 0.4) is 0 Å². The van der Waals surface area contributed by atoms with Gasteiger partial charge in [0.15, 0.2) is 0 Å². The zero-order valence-electron chi connectivity index (χ0n) is 20.0. The molecule has 0 aliphatic carbocycles. The summed E-state index contributed by atoms with van der Waals surface area (Å²) in [5.41, 5.74) is 4.86. The van der Waals surface area contributed by atoms with Crippen molar-refractivity contribution >= 4 is 6.08 Å². The van der Waals surface area contributed by atoms with Gasteiger partial charge in [0, 0.05) is 23.6 Å². The van der Waals surface area contributed by atoms with Crippen LogP contribution in [0.4, 0.5) is 0 Å². The van der Waals surface area contributed by atoms with Crippen molar-refractivity contribution < 1.29 is 4.74 Å². The Bertz CT molecular complexity index is 955. The lowest BCUT2D eigenvalue weighted by Crippen LogP contribution is -2.38. The lowest BCUT2D eigenvalue weighted by Gasteiger charge is -2.32. The van der Waals surface area contributed by atoms with E-state index in [-0.39, 0.29) is 5.92 Å². The Morgan fingerprint density at radius 1 is 0.844 bits per heavy atom. The smallest absolute Gasteiger partial charge is 0.123 e. The molecular weight excluding hydrogens is 390 g/mol. The topological polar surface area (TPSA) is 12.5 Å². The van der Waals surface area contributed by atoms with Crippen LogP contribution < -0.4 is 4.74 Å². The third-order valence-electron chi connectivity index (χ3n) is 6.09. The molecule has 0 aliphatic heterocycles. The average molecular weight is 428 g/mol. The standard InChI is InChI=1S/C30H37NO/c1-6-25-17-18-30(32-22-26-13-9-7-10-14-26)29(21-25)28(27-15-11-8-12-16-27)19-20-31(23(2)3)24(4)5/h6-18,21,23-24,28H,1,19-20,22H2,2-5H3/t28-/m1/s1. The molecule has 0 bridgehead atoms. The molecule has 0 N–H and O–H groups in total. The highest BCUT2D eigenvalue weighted by molar-refractivity contribution is 5.54. The van der Waals surface area contributed by atoms with Gasteiger partial charge in [0.25, 0.3) is 0 Å². The van der Waals surface area contributed by atoms with Gasteiger partial charge in [-0.05, 0) is 69.5 Å². The van der Waals surface area contributed by atoms with Crippen molar-refractivity contribution in [3.05, 3.63) is 108 Å². The quantitative estimate of drug-likeness (QED) is 0.313. The molecule has 1 atom stereocenters. The average Bonchev–Trinajstić information content (AvgIpc) is 2.81. The van der Waals surface area contributed by atoms with Crippen molar-refractivity contribution in [3.8, 4) is 5.75 Å². The first-order valence-electron chi connectivity index (χ1n) is 11.7. The van der Waals surface area contributed by atoms with Crippen LogP contribution in [0.2, 0.25) is 0 Å². The zero-order valence-corrected chi connectivity index (χ0v) is 20.0. The highest BCUT2D eigenvalue weighted by Crippen LogP contribution is 2.36. The van der Waals surface area contributed by atoms with Crippen LogP contribution >= 0.6 is 0 Å². The lowest BCUT2D eigenvalue weighted by atomic mass is 9.86. The van der Waals surface area contributed by atoms with Crippen LogP contribution in [0.25, 0.3) is 6.08 Å². The first-order valence-corrected chi connectivity index (χ1v) is 11.7. The van der Waals surface area contributed by atoms with Gasteiger partial charge in [-0.25, -0.2) is 0 Å². The molecule has 0 aromatic heterocycles. The number of benzene rings is 3. The van der Waals surface area contributed by atoms with Crippen LogP contribution in [0.1, 0.15) is 62.3 Å². The van der Waals surface area contributed by atoms with Gasteiger partial charge in [-0.2, -0.15) is 0 Å². The highest BCUT2D eigenvalue weighted by Gasteiger charge is 2.22. The fourth-order valence-corrected chi connectivity index (χ4v) is 4.41. The third-order valence-corrected chi connectivity index (χ3v) is 6.09. The van der Waals surface area contributed by atoms with Gasteiger partial charge >= 0.3 is 0 Å². The van der Waals surface area contributed by atoms with Crippen molar-refractivity contribution in [3.63, 3.8) is 0 Å². The summed E-state index contributed by atoms with van der Waals surface area (Å²) in [6.45, 7) is 14.7. The Labute approximate surface area is 194 Å². The number of nitrogens with zero attached hydrogens (tertiary/aromatic N) is 1. The van der Waals surface area contributed by atoms with E-state index in [2.05, 4.69) is 112 Å². The Morgan fingerprint density at radius 2 is 1.47 bits per heavy atom. The minimum Gasteiger partial charge on any atom is -0.489 e. The normalized spacial score (nSPS) is 12.3. The summed E-state index contributed by atoms with van der Waals surface area (Å²) in [5, 5.41) is 0. The molecule has 0 unspecified atom stereocenters. The summed E-state index contributed by atoms with van der Waals surface area (Å²) in [5.74, 6) is 1.20. The molecule has 3 rings (SSSR count). The second-order valence-electron chi connectivity index (χ2n) is 8.95. The molecule has 168 valence electrons. The summed E-state index contributed by atoms with van der Waals surface area (Å²) in [6, 6.07) is 28.7. The molecule has 2 heteroatoms. The summed E-state index contributed by atoms with van der Waals surface area (Å²) in [6.07, 6.45) is 2.95. The molecule has 0 saturated carbocycles. The van der Waals surface area contributed by atoms with Crippen LogP contribution in [0, 0.1) is 0 Å². The van der Waals surface area contributed by atoms with E-state index in [0.717, 1.165) is 24.3 Å². The largest absolute Gasteiger partial charge is 0.489 e. The van der Waals surface area contributed by atoms with E-state index >= 15 is 0 Å². The van der Waals surface area contributed by atoms with Crippen LogP contribution in [0.15, 0.2) is 85.4 Å². The zero-order chi connectivity index (χ0) is 22.9. The van der Waals surface area contributed by atoms with E-state index in [1.165, 1.54) is 16.7 Å². The summed E-state index contributed by atoms with van der Waals surface area (Å²) >= 11 is 0. The summed E-state index contributed by atoms with van der Waals surface area (Å²) < 4.78 is 6.38. The maximum atomic E-state index is 6.38. The van der Waals surface area contributed by atoms with Gasteiger partial charge in [-0.3, -0.25) is 4.90 Å². The summed E-state index contributed by atoms with van der Waals surface area (Å²) in [4.78, 5) is 2.57. The Kier molecular flexibility index (Phi) is 8.70. The van der Waals surface area contributed by atoms with Crippen LogP contribution in [-0.4, -0.2) is 23.5 Å². The van der Waals surface area contributed by atoms with E-state index < -0.39 is 0 Å². The van der Waals surface area contributed by atoms with Gasteiger partial charge in [0.05, 0.1) is 0 Å². The minimum atomic E-state index is 0.252.